The summed E-state index contributed by atoms with van der Waals surface area (Å²) < 4.78 is 0. The van der Waals surface area contributed by atoms with Crippen LogP contribution in [0.15, 0.2) is 0 Å². The van der Waals surface area contributed by atoms with Gasteiger partial charge in [0.1, 0.15) is 5.78 Å². The van der Waals surface area contributed by atoms with Gasteiger partial charge in [-0.05, 0) is 12.3 Å². The van der Waals surface area contributed by atoms with Crippen molar-refractivity contribution in [1.29, 1.82) is 0 Å². The molecule has 0 bridgehead atoms. The molecule has 0 aromatic carbocycles. The molecule has 2 nitrogen and oxygen atoms in total. The lowest BCUT2D eigenvalue weighted by Gasteiger charge is -1.95. The van der Waals surface area contributed by atoms with Gasteiger partial charge in [-0.25, -0.2) is 0 Å². The maximum absolute atomic E-state index is 10.7. The highest BCUT2D eigenvalue weighted by Crippen LogP contribution is 2.33. The van der Waals surface area contributed by atoms with Gasteiger partial charge in [0.25, 0.3) is 0 Å². The predicted octanol–water partition coefficient (Wildman–Crippen LogP) is 1.09. The van der Waals surface area contributed by atoms with Crippen molar-refractivity contribution in [3.05, 3.63) is 0 Å². The topological polar surface area (TPSA) is 43.1 Å². The van der Waals surface area contributed by atoms with Gasteiger partial charge in [0.2, 0.25) is 0 Å². The Hall–Kier alpha value is -0.370. The SMILES string of the molecule is NCC(=O)CCCC1CC1. The lowest BCUT2D eigenvalue weighted by Crippen LogP contribution is -2.12. The molecule has 10 heavy (non-hydrogen) atoms. The van der Waals surface area contributed by atoms with Crippen molar-refractivity contribution in [2.75, 3.05) is 6.54 Å². The number of carbonyl (C=O) groups is 1. The minimum absolute atomic E-state index is 0.209. The van der Waals surface area contributed by atoms with Gasteiger partial charge in [0.05, 0.1) is 6.54 Å². The maximum atomic E-state index is 10.7. The summed E-state index contributed by atoms with van der Waals surface area (Å²) in [6.07, 6.45) is 5.77. The van der Waals surface area contributed by atoms with E-state index in [-0.39, 0.29) is 12.3 Å². The summed E-state index contributed by atoms with van der Waals surface area (Å²) in [5.41, 5.74) is 5.16. The number of Topliss-reactive ketones (excluding diaryl/α,β-unsaturated/α-hetero) is 1. The molecule has 0 atom stereocenters. The van der Waals surface area contributed by atoms with Crippen LogP contribution in [0.25, 0.3) is 0 Å². The zero-order chi connectivity index (χ0) is 7.40. The van der Waals surface area contributed by atoms with Crippen LogP contribution in [0.1, 0.15) is 32.1 Å². The predicted molar refractivity (Wildman–Crippen MR) is 40.6 cm³/mol. The second kappa shape index (κ2) is 3.71. The highest BCUT2D eigenvalue weighted by molar-refractivity contribution is 5.80. The third-order valence-corrected chi connectivity index (χ3v) is 1.99. The van der Waals surface area contributed by atoms with Crippen LogP contribution in [0.4, 0.5) is 0 Å². The highest BCUT2D eigenvalue weighted by Gasteiger charge is 2.20. The molecule has 0 aromatic heterocycles. The number of hydrogen-bond donors (Lipinski definition) is 1. The summed E-state index contributed by atoms with van der Waals surface area (Å²) >= 11 is 0. The molecule has 1 fully saturated rings. The summed E-state index contributed by atoms with van der Waals surface area (Å²) in [6.45, 7) is 0.227. The molecule has 0 saturated heterocycles. The monoisotopic (exact) mass is 141 g/mol. The van der Waals surface area contributed by atoms with E-state index in [1.54, 1.807) is 0 Å². The molecule has 0 heterocycles. The van der Waals surface area contributed by atoms with Crippen molar-refractivity contribution in [2.24, 2.45) is 11.7 Å². The summed E-state index contributed by atoms with van der Waals surface area (Å²) in [4.78, 5) is 10.7. The van der Waals surface area contributed by atoms with E-state index < -0.39 is 0 Å². The van der Waals surface area contributed by atoms with Crippen LogP contribution in [0.3, 0.4) is 0 Å². The van der Waals surface area contributed by atoms with Crippen molar-refractivity contribution < 1.29 is 4.79 Å². The smallest absolute Gasteiger partial charge is 0.146 e. The van der Waals surface area contributed by atoms with E-state index in [0.717, 1.165) is 12.3 Å². The fourth-order valence-corrected chi connectivity index (χ4v) is 1.10. The number of nitrogens with two attached hydrogens (primary N) is 1. The van der Waals surface area contributed by atoms with Crippen LogP contribution in [-0.4, -0.2) is 12.3 Å². The molecule has 58 valence electrons. The molecule has 0 amide bonds. The molecular formula is C8H15NO. The molecule has 0 aromatic rings. The minimum Gasteiger partial charge on any atom is -0.324 e. The van der Waals surface area contributed by atoms with Gasteiger partial charge < -0.3 is 5.73 Å². The van der Waals surface area contributed by atoms with E-state index in [0.29, 0.717) is 6.42 Å². The molecule has 2 N–H and O–H groups in total. The van der Waals surface area contributed by atoms with Crippen LogP contribution in [0, 0.1) is 5.92 Å². The third kappa shape index (κ3) is 2.97. The summed E-state index contributed by atoms with van der Waals surface area (Å²) in [5.74, 6) is 1.16. The fraction of sp³-hybridized carbons (Fsp3) is 0.875. The molecule has 0 spiro atoms. The van der Waals surface area contributed by atoms with Gasteiger partial charge in [-0.15, -0.1) is 0 Å². The van der Waals surface area contributed by atoms with Gasteiger partial charge in [-0.2, -0.15) is 0 Å². The first-order chi connectivity index (χ1) is 4.83. The van der Waals surface area contributed by atoms with Crippen LogP contribution in [0.5, 0.6) is 0 Å². The minimum atomic E-state index is 0.209. The van der Waals surface area contributed by atoms with E-state index in [1.807, 2.05) is 0 Å². The number of carbonyl (C=O) groups excluding carboxylic acids is 1. The molecule has 1 aliphatic carbocycles. The van der Waals surface area contributed by atoms with Crippen LogP contribution >= 0.6 is 0 Å². The molecule has 0 unspecified atom stereocenters. The zero-order valence-electron chi connectivity index (χ0n) is 6.31. The summed E-state index contributed by atoms with van der Waals surface area (Å²) in [6, 6.07) is 0. The first-order valence-corrected chi connectivity index (χ1v) is 4.04. The molecule has 0 radical (unpaired) electrons. The number of rotatable bonds is 5. The number of ketones is 1. The van der Waals surface area contributed by atoms with Crippen LogP contribution < -0.4 is 5.73 Å². The Kier molecular flexibility index (Phi) is 2.87. The Labute approximate surface area is 61.8 Å². The van der Waals surface area contributed by atoms with E-state index in [2.05, 4.69) is 0 Å². The van der Waals surface area contributed by atoms with Gasteiger partial charge in [-0.3, -0.25) is 4.79 Å². The third-order valence-electron chi connectivity index (χ3n) is 1.99. The maximum Gasteiger partial charge on any atom is 0.146 e. The summed E-state index contributed by atoms with van der Waals surface area (Å²) in [5, 5.41) is 0. The molecule has 1 aliphatic rings. The molecular weight excluding hydrogens is 126 g/mol. The average Bonchev–Trinajstić information content (AvgIpc) is 2.71. The Morgan fingerprint density at radius 1 is 1.50 bits per heavy atom. The molecule has 1 saturated carbocycles. The zero-order valence-corrected chi connectivity index (χ0v) is 6.31. The largest absolute Gasteiger partial charge is 0.324 e. The van der Waals surface area contributed by atoms with Gasteiger partial charge in [0, 0.05) is 6.42 Å². The van der Waals surface area contributed by atoms with Crippen LogP contribution in [0.2, 0.25) is 0 Å². The van der Waals surface area contributed by atoms with Gasteiger partial charge in [-0.1, -0.05) is 19.3 Å². The normalized spacial score (nSPS) is 17.3. The second-order valence-electron chi connectivity index (χ2n) is 3.08. The van der Waals surface area contributed by atoms with E-state index in [1.165, 1.54) is 19.3 Å². The van der Waals surface area contributed by atoms with E-state index in [9.17, 15) is 4.79 Å². The highest BCUT2D eigenvalue weighted by atomic mass is 16.1. The molecule has 0 aliphatic heterocycles. The molecule has 1 rings (SSSR count). The first kappa shape index (κ1) is 7.73. The fourth-order valence-electron chi connectivity index (χ4n) is 1.10. The number of hydrogen-bond acceptors (Lipinski definition) is 2. The van der Waals surface area contributed by atoms with Crippen molar-refractivity contribution in [2.45, 2.75) is 32.1 Å². The van der Waals surface area contributed by atoms with Crippen molar-refractivity contribution >= 4 is 5.78 Å². The Balaban J connectivity index is 1.88. The lowest BCUT2D eigenvalue weighted by molar-refractivity contribution is -0.117. The van der Waals surface area contributed by atoms with Crippen molar-refractivity contribution in [1.82, 2.24) is 0 Å². The van der Waals surface area contributed by atoms with E-state index >= 15 is 0 Å². The Bertz CT molecular complexity index is 118. The summed E-state index contributed by atoms with van der Waals surface area (Å²) in [7, 11) is 0. The quantitative estimate of drug-likeness (QED) is 0.623. The average molecular weight is 141 g/mol. The van der Waals surface area contributed by atoms with E-state index in [4.69, 9.17) is 5.73 Å². The first-order valence-electron chi connectivity index (χ1n) is 4.04. The van der Waals surface area contributed by atoms with Gasteiger partial charge in [0.15, 0.2) is 0 Å². The van der Waals surface area contributed by atoms with Crippen molar-refractivity contribution in [3.8, 4) is 0 Å². The van der Waals surface area contributed by atoms with Gasteiger partial charge >= 0.3 is 0 Å². The second-order valence-corrected chi connectivity index (χ2v) is 3.08. The Morgan fingerprint density at radius 3 is 2.70 bits per heavy atom. The standard InChI is InChI=1S/C8H15NO/c9-6-8(10)3-1-2-7-4-5-7/h7H,1-6,9H2. The lowest BCUT2D eigenvalue weighted by atomic mass is 10.1. The molecule has 2 heteroatoms. The Morgan fingerprint density at radius 2 is 2.20 bits per heavy atom. The van der Waals surface area contributed by atoms with Crippen molar-refractivity contribution in [3.63, 3.8) is 0 Å². The van der Waals surface area contributed by atoms with Crippen LogP contribution in [-0.2, 0) is 4.79 Å².